The molecule has 4 nitrogen and oxygen atoms in total. The molecule has 2 atom stereocenters. The van der Waals surface area contributed by atoms with Crippen LogP contribution in [0.1, 0.15) is 33.1 Å². The van der Waals surface area contributed by atoms with Gasteiger partial charge in [-0.05, 0) is 19.8 Å². The van der Waals surface area contributed by atoms with Gasteiger partial charge in [-0.25, -0.2) is 0 Å². The maximum absolute atomic E-state index is 6.02. The molecule has 0 bridgehead atoms. The van der Waals surface area contributed by atoms with E-state index < -0.39 is 0 Å². The SMILES string of the molecule is CCCC(CC(C)OCC1COC1)OCC1COC1. The molecule has 2 aliphatic heterocycles. The summed E-state index contributed by atoms with van der Waals surface area (Å²) in [5, 5.41) is 0. The molecule has 19 heavy (non-hydrogen) atoms. The normalized spacial score (nSPS) is 23.7. The van der Waals surface area contributed by atoms with Crippen LogP contribution in [0.5, 0.6) is 0 Å². The lowest BCUT2D eigenvalue weighted by molar-refractivity contribution is -0.108. The number of hydrogen-bond acceptors (Lipinski definition) is 4. The average Bonchev–Trinajstić information content (AvgIpc) is 2.25. The maximum atomic E-state index is 6.02. The van der Waals surface area contributed by atoms with Crippen molar-refractivity contribution < 1.29 is 18.9 Å². The Labute approximate surface area is 116 Å². The highest BCUT2D eigenvalue weighted by atomic mass is 16.5. The Kier molecular flexibility index (Phi) is 6.57. The van der Waals surface area contributed by atoms with E-state index in [-0.39, 0.29) is 6.10 Å². The lowest BCUT2D eigenvalue weighted by Gasteiger charge is -2.30. The van der Waals surface area contributed by atoms with Gasteiger partial charge in [-0.3, -0.25) is 0 Å². The fraction of sp³-hybridized carbons (Fsp3) is 1.00. The van der Waals surface area contributed by atoms with Crippen LogP contribution >= 0.6 is 0 Å². The Morgan fingerprint density at radius 1 is 1.00 bits per heavy atom. The van der Waals surface area contributed by atoms with E-state index in [0.29, 0.717) is 17.9 Å². The summed E-state index contributed by atoms with van der Waals surface area (Å²) < 4.78 is 22.2. The first kappa shape index (κ1) is 15.2. The second-order valence-electron chi connectivity index (χ2n) is 5.93. The lowest BCUT2D eigenvalue weighted by atomic mass is 10.1. The quantitative estimate of drug-likeness (QED) is 0.611. The molecule has 2 fully saturated rings. The van der Waals surface area contributed by atoms with Crippen LogP contribution in [0.15, 0.2) is 0 Å². The molecule has 0 aromatic carbocycles. The third kappa shape index (κ3) is 5.38. The van der Waals surface area contributed by atoms with Crippen molar-refractivity contribution >= 4 is 0 Å². The Bertz CT molecular complexity index is 238. The minimum Gasteiger partial charge on any atom is -0.381 e. The first-order chi connectivity index (χ1) is 9.28. The summed E-state index contributed by atoms with van der Waals surface area (Å²) in [6.07, 6.45) is 3.88. The summed E-state index contributed by atoms with van der Waals surface area (Å²) in [4.78, 5) is 0. The van der Waals surface area contributed by atoms with Gasteiger partial charge >= 0.3 is 0 Å². The standard InChI is InChI=1S/C15H28O4/c1-3-4-15(19-11-14-8-17-9-14)5-12(2)18-10-13-6-16-7-13/h12-15H,3-11H2,1-2H3. The molecule has 0 aromatic rings. The van der Waals surface area contributed by atoms with E-state index in [1.165, 1.54) is 0 Å². The van der Waals surface area contributed by atoms with Crippen LogP contribution in [0.2, 0.25) is 0 Å². The highest BCUT2D eigenvalue weighted by Crippen LogP contribution is 2.18. The van der Waals surface area contributed by atoms with Gasteiger partial charge in [0, 0.05) is 11.8 Å². The predicted molar refractivity (Wildman–Crippen MR) is 73.3 cm³/mol. The molecular weight excluding hydrogens is 244 g/mol. The molecule has 0 radical (unpaired) electrons. The van der Waals surface area contributed by atoms with E-state index in [2.05, 4.69) is 13.8 Å². The summed E-state index contributed by atoms with van der Waals surface area (Å²) in [5.41, 5.74) is 0. The molecule has 0 aliphatic carbocycles. The van der Waals surface area contributed by atoms with E-state index >= 15 is 0 Å². The van der Waals surface area contributed by atoms with E-state index in [0.717, 1.165) is 58.9 Å². The van der Waals surface area contributed by atoms with Gasteiger partial charge in [0.2, 0.25) is 0 Å². The Morgan fingerprint density at radius 3 is 2.05 bits per heavy atom. The topological polar surface area (TPSA) is 36.9 Å². The summed E-state index contributed by atoms with van der Waals surface area (Å²) in [5.74, 6) is 1.22. The molecular formula is C15H28O4. The van der Waals surface area contributed by atoms with Crippen molar-refractivity contribution in [1.82, 2.24) is 0 Å². The van der Waals surface area contributed by atoms with Gasteiger partial charge in [0.15, 0.2) is 0 Å². The van der Waals surface area contributed by atoms with Gasteiger partial charge in [0.25, 0.3) is 0 Å². The van der Waals surface area contributed by atoms with Gasteiger partial charge in [-0.15, -0.1) is 0 Å². The molecule has 2 rings (SSSR count). The van der Waals surface area contributed by atoms with Gasteiger partial charge in [-0.2, -0.15) is 0 Å². The van der Waals surface area contributed by atoms with Crippen molar-refractivity contribution in [2.45, 2.75) is 45.3 Å². The second kappa shape index (κ2) is 8.20. The van der Waals surface area contributed by atoms with Crippen molar-refractivity contribution in [3.8, 4) is 0 Å². The third-order valence-corrected chi connectivity index (χ3v) is 3.80. The summed E-state index contributed by atoms with van der Waals surface area (Å²) in [6, 6.07) is 0. The molecule has 4 heteroatoms. The first-order valence-electron chi connectivity index (χ1n) is 7.66. The molecule has 2 unspecified atom stereocenters. The zero-order valence-electron chi connectivity index (χ0n) is 12.3. The van der Waals surface area contributed by atoms with Crippen LogP contribution in [0.3, 0.4) is 0 Å². The monoisotopic (exact) mass is 272 g/mol. The highest BCUT2D eigenvalue weighted by Gasteiger charge is 2.23. The summed E-state index contributed by atoms with van der Waals surface area (Å²) in [6.45, 7) is 9.49. The zero-order chi connectivity index (χ0) is 13.5. The van der Waals surface area contributed by atoms with Crippen LogP contribution in [-0.4, -0.2) is 51.8 Å². The Balaban J connectivity index is 1.59. The van der Waals surface area contributed by atoms with Crippen molar-refractivity contribution in [1.29, 1.82) is 0 Å². The number of ether oxygens (including phenoxy) is 4. The summed E-state index contributed by atoms with van der Waals surface area (Å²) >= 11 is 0. The number of hydrogen-bond donors (Lipinski definition) is 0. The second-order valence-corrected chi connectivity index (χ2v) is 5.93. The Morgan fingerprint density at radius 2 is 1.58 bits per heavy atom. The van der Waals surface area contributed by atoms with Crippen molar-refractivity contribution in [2.24, 2.45) is 11.8 Å². The van der Waals surface area contributed by atoms with Gasteiger partial charge in [-0.1, -0.05) is 13.3 Å². The zero-order valence-corrected chi connectivity index (χ0v) is 12.3. The van der Waals surface area contributed by atoms with E-state index in [4.69, 9.17) is 18.9 Å². The predicted octanol–water partition coefficient (Wildman–Crippen LogP) is 2.26. The fourth-order valence-corrected chi connectivity index (χ4v) is 2.36. The van der Waals surface area contributed by atoms with Gasteiger partial charge in [0.05, 0.1) is 51.8 Å². The van der Waals surface area contributed by atoms with Crippen molar-refractivity contribution in [2.75, 3.05) is 39.6 Å². The molecule has 112 valence electrons. The highest BCUT2D eigenvalue weighted by molar-refractivity contribution is 4.69. The van der Waals surface area contributed by atoms with Crippen molar-refractivity contribution in [3.05, 3.63) is 0 Å². The van der Waals surface area contributed by atoms with E-state index in [1.54, 1.807) is 0 Å². The minimum atomic E-state index is 0.273. The molecule has 2 heterocycles. The smallest absolute Gasteiger partial charge is 0.0599 e. The average molecular weight is 272 g/mol. The van der Waals surface area contributed by atoms with Crippen LogP contribution < -0.4 is 0 Å². The van der Waals surface area contributed by atoms with Gasteiger partial charge < -0.3 is 18.9 Å². The van der Waals surface area contributed by atoms with Gasteiger partial charge in [0.1, 0.15) is 0 Å². The molecule has 0 amide bonds. The van der Waals surface area contributed by atoms with Crippen LogP contribution in [0.4, 0.5) is 0 Å². The van der Waals surface area contributed by atoms with Crippen LogP contribution in [-0.2, 0) is 18.9 Å². The van der Waals surface area contributed by atoms with Crippen LogP contribution in [0, 0.1) is 11.8 Å². The Hall–Kier alpha value is -0.160. The maximum Gasteiger partial charge on any atom is 0.0599 e. The van der Waals surface area contributed by atoms with Crippen LogP contribution in [0.25, 0.3) is 0 Å². The molecule has 2 saturated heterocycles. The van der Waals surface area contributed by atoms with E-state index in [1.807, 2.05) is 0 Å². The molecule has 2 aliphatic rings. The summed E-state index contributed by atoms with van der Waals surface area (Å²) in [7, 11) is 0. The number of rotatable bonds is 10. The molecule has 0 spiro atoms. The minimum absolute atomic E-state index is 0.273. The van der Waals surface area contributed by atoms with E-state index in [9.17, 15) is 0 Å². The fourth-order valence-electron chi connectivity index (χ4n) is 2.36. The largest absolute Gasteiger partial charge is 0.381 e. The first-order valence-corrected chi connectivity index (χ1v) is 7.66. The van der Waals surface area contributed by atoms with Crippen molar-refractivity contribution in [3.63, 3.8) is 0 Å². The molecule has 0 aromatic heterocycles. The third-order valence-electron chi connectivity index (χ3n) is 3.80. The molecule has 0 saturated carbocycles. The molecule has 0 N–H and O–H groups in total. The lowest BCUT2D eigenvalue weighted by Crippen LogP contribution is -2.35.